The number of carbonyl (C=O) groups excluding carboxylic acids is 2. The molecule has 0 radical (unpaired) electrons. The van der Waals surface area contributed by atoms with Crippen LogP contribution in [-0.2, 0) is 22.8 Å². The third kappa shape index (κ3) is 6.02. The third-order valence-electron chi connectivity index (χ3n) is 5.92. The summed E-state index contributed by atoms with van der Waals surface area (Å²) in [6.45, 7) is 0. The Balaban J connectivity index is 1.52. The van der Waals surface area contributed by atoms with E-state index in [-0.39, 0.29) is 18.4 Å². The normalized spacial score (nSPS) is 12.6. The molecule has 0 saturated heterocycles. The lowest BCUT2D eigenvalue weighted by Crippen LogP contribution is -2.40. The quantitative estimate of drug-likeness (QED) is 0.163. The van der Waals surface area contributed by atoms with Crippen molar-refractivity contribution in [2.75, 3.05) is 6.16 Å². The van der Waals surface area contributed by atoms with Gasteiger partial charge in [-0.25, -0.2) is 14.8 Å². The molecule has 1 unspecified atom stereocenters. The zero-order valence-electron chi connectivity index (χ0n) is 19.7. The number of rotatable bonds is 10. The Bertz CT molecular complexity index is 1570. The van der Waals surface area contributed by atoms with E-state index >= 15 is 0 Å². The van der Waals surface area contributed by atoms with E-state index in [1.807, 2.05) is 0 Å². The monoisotopic (exact) mass is 528 g/mol. The molecule has 0 saturated carbocycles. The second-order valence-corrected chi connectivity index (χ2v) is 10.4. The van der Waals surface area contributed by atoms with Gasteiger partial charge in [-0.15, -0.1) is 0 Å². The van der Waals surface area contributed by atoms with Crippen molar-refractivity contribution in [2.24, 2.45) is 12.8 Å². The van der Waals surface area contributed by atoms with Crippen LogP contribution in [0.25, 0.3) is 22.1 Å². The van der Waals surface area contributed by atoms with Crippen molar-refractivity contribution in [3.8, 4) is 0 Å². The number of carboxylic acid groups (broad SMARTS) is 1. The molecule has 4 rings (SSSR count). The van der Waals surface area contributed by atoms with Gasteiger partial charge in [-0.05, 0) is 49.2 Å². The van der Waals surface area contributed by atoms with Gasteiger partial charge in [-0.2, -0.15) is 0 Å². The summed E-state index contributed by atoms with van der Waals surface area (Å²) in [6, 6.07) is 8.40. The molecule has 2 amide bonds. The average Bonchev–Trinajstić information content (AvgIpc) is 3.36. The van der Waals surface area contributed by atoms with Gasteiger partial charge in [0.05, 0.1) is 28.5 Å². The number of amides is 2. The lowest BCUT2D eigenvalue weighted by Gasteiger charge is -2.15. The average molecular weight is 528 g/mol. The minimum absolute atomic E-state index is 0.0583. The summed E-state index contributed by atoms with van der Waals surface area (Å²) in [6.07, 6.45) is -0.304. The molecule has 2 heterocycles. The van der Waals surface area contributed by atoms with Crippen molar-refractivity contribution in [1.82, 2.24) is 24.8 Å². The van der Waals surface area contributed by atoms with Gasteiger partial charge >= 0.3 is 13.6 Å². The Labute approximate surface area is 209 Å². The van der Waals surface area contributed by atoms with Crippen LogP contribution in [0.2, 0.25) is 0 Å². The Morgan fingerprint density at radius 2 is 1.81 bits per heavy atom. The number of nitrogens with zero attached hydrogens (tertiary/aromatic N) is 3. The number of primary amides is 1. The van der Waals surface area contributed by atoms with Gasteiger partial charge in [0.1, 0.15) is 17.7 Å². The molecule has 0 aliphatic rings. The summed E-state index contributed by atoms with van der Waals surface area (Å²) in [5.41, 5.74) is 8.52. The van der Waals surface area contributed by atoms with Crippen LogP contribution < -0.4 is 11.1 Å². The highest BCUT2D eigenvalue weighted by Gasteiger charge is 2.23. The van der Waals surface area contributed by atoms with E-state index in [1.54, 1.807) is 41.9 Å². The Morgan fingerprint density at radius 3 is 2.49 bits per heavy atom. The molecular weight excluding hydrogens is 503 g/mol. The Morgan fingerprint density at radius 1 is 1.11 bits per heavy atom. The molecule has 0 aliphatic heterocycles. The first-order valence-corrected chi connectivity index (χ1v) is 13.0. The Hall–Kier alpha value is -4.06. The summed E-state index contributed by atoms with van der Waals surface area (Å²) >= 11 is 0. The number of nitrogens with two attached hydrogens (primary N) is 1. The number of carboxylic acids is 1. The highest BCUT2D eigenvalue weighted by molar-refractivity contribution is 7.51. The molecule has 4 aromatic rings. The van der Waals surface area contributed by atoms with Crippen LogP contribution in [0.4, 0.5) is 0 Å². The molecule has 0 aliphatic carbocycles. The summed E-state index contributed by atoms with van der Waals surface area (Å²) in [7, 11) is -2.48. The molecule has 13 nitrogen and oxygen atoms in total. The minimum Gasteiger partial charge on any atom is -0.480 e. The topological polar surface area (TPSA) is 214 Å². The number of fused-ring (bicyclic) bond motifs is 2. The first-order chi connectivity index (χ1) is 17.4. The molecule has 1 atom stereocenters. The van der Waals surface area contributed by atoms with Crippen molar-refractivity contribution >= 4 is 47.4 Å². The molecule has 194 valence electrons. The summed E-state index contributed by atoms with van der Waals surface area (Å²) < 4.78 is 12.8. The lowest BCUT2D eigenvalue weighted by atomic mass is 10.1. The highest BCUT2D eigenvalue weighted by Crippen LogP contribution is 2.35. The van der Waals surface area contributed by atoms with Gasteiger partial charge in [-0.3, -0.25) is 14.2 Å². The number of hydrogen-bond donors (Lipinski definition) is 6. The zero-order valence-corrected chi connectivity index (χ0v) is 20.6. The number of aromatic nitrogens is 4. The van der Waals surface area contributed by atoms with Crippen molar-refractivity contribution < 1.29 is 33.8 Å². The number of aliphatic carboxylic acids is 1. The first-order valence-electron chi connectivity index (χ1n) is 11.2. The molecule has 0 fully saturated rings. The molecule has 0 bridgehead atoms. The van der Waals surface area contributed by atoms with E-state index < -0.39 is 37.6 Å². The van der Waals surface area contributed by atoms with E-state index in [1.165, 1.54) is 6.07 Å². The van der Waals surface area contributed by atoms with Gasteiger partial charge in [0.15, 0.2) is 0 Å². The molecule has 2 aromatic carbocycles. The summed E-state index contributed by atoms with van der Waals surface area (Å²) in [5, 5.41) is 11.8. The van der Waals surface area contributed by atoms with E-state index in [4.69, 9.17) is 15.5 Å². The molecule has 0 spiro atoms. The predicted octanol–water partition coefficient (Wildman–Crippen LogP) is 1.28. The van der Waals surface area contributed by atoms with Crippen LogP contribution in [0.5, 0.6) is 0 Å². The van der Waals surface area contributed by atoms with Crippen molar-refractivity contribution in [3.05, 3.63) is 59.2 Å². The fraction of sp³-hybridized carbons (Fsp3) is 0.261. The predicted molar refractivity (Wildman–Crippen MR) is 133 cm³/mol. The number of aromatic amines is 1. The third-order valence-corrected chi connectivity index (χ3v) is 6.82. The van der Waals surface area contributed by atoms with Crippen molar-refractivity contribution in [2.45, 2.75) is 25.3 Å². The fourth-order valence-corrected chi connectivity index (χ4v) is 4.58. The van der Waals surface area contributed by atoms with E-state index in [0.29, 0.717) is 45.7 Å². The lowest BCUT2D eigenvalue weighted by molar-refractivity contribution is -0.139. The first kappa shape index (κ1) is 26.0. The van der Waals surface area contributed by atoms with Crippen LogP contribution in [0.15, 0.2) is 36.4 Å². The molecule has 7 N–H and O–H groups in total. The Kier molecular flexibility index (Phi) is 7.12. The van der Waals surface area contributed by atoms with Gasteiger partial charge in [-0.1, -0.05) is 0 Å². The maximum atomic E-state index is 12.7. The molecule has 37 heavy (non-hydrogen) atoms. The van der Waals surface area contributed by atoms with Crippen LogP contribution in [0.3, 0.4) is 0 Å². The van der Waals surface area contributed by atoms with Gasteiger partial charge < -0.3 is 35.5 Å². The number of hydrogen-bond acceptors (Lipinski definition) is 6. The van der Waals surface area contributed by atoms with Gasteiger partial charge in [0.25, 0.3) is 5.91 Å². The van der Waals surface area contributed by atoms with E-state index in [0.717, 1.165) is 0 Å². The van der Waals surface area contributed by atoms with Crippen LogP contribution in [-0.4, -0.2) is 64.4 Å². The van der Waals surface area contributed by atoms with Crippen molar-refractivity contribution in [1.29, 1.82) is 0 Å². The largest absolute Gasteiger partial charge is 0.480 e. The maximum Gasteiger partial charge on any atom is 0.326 e. The summed E-state index contributed by atoms with van der Waals surface area (Å²) in [5.74, 6) is -1.19. The van der Waals surface area contributed by atoms with E-state index in [2.05, 4.69) is 20.3 Å². The number of H-pyrrole nitrogens is 1. The molecular formula is C23H25N6O7P. The second kappa shape index (κ2) is 10.1. The number of imidazole rings is 2. The smallest absolute Gasteiger partial charge is 0.326 e. The number of aryl methyl sites for hydroxylation is 1. The zero-order chi connectivity index (χ0) is 26.9. The SMILES string of the molecule is Cn1c(Cc2nc3ccc(C(N)=O)cc3[nH]2)nc2ccc(C(=O)NC(CCCP(=O)(O)O)C(=O)O)cc21. The second-order valence-electron chi connectivity index (χ2n) is 8.64. The number of nitrogens with one attached hydrogen (secondary N) is 2. The van der Waals surface area contributed by atoms with Crippen LogP contribution >= 0.6 is 7.60 Å². The highest BCUT2D eigenvalue weighted by atomic mass is 31.2. The molecule has 14 heteroatoms. The van der Waals surface area contributed by atoms with Crippen LogP contribution in [0.1, 0.15) is 45.2 Å². The minimum atomic E-state index is -4.26. The maximum absolute atomic E-state index is 12.7. The van der Waals surface area contributed by atoms with E-state index in [9.17, 15) is 24.1 Å². The van der Waals surface area contributed by atoms with Gasteiger partial charge in [0.2, 0.25) is 5.91 Å². The van der Waals surface area contributed by atoms with Gasteiger partial charge in [0, 0.05) is 24.3 Å². The number of benzene rings is 2. The molecule has 2 aromatic heterocycles. The summed E-state index contributed by atoms with van der Waals surface area (Å²) in [4.78, 5) is 65.9. The van der Waals surface area contributed by atoms with Crippen molar-refractivity contribution in [3.63, 3.8) is 0 Å². The van der Waals surface area contributed by atoms with Crippen LogP contribution in [0, 0.1) is 0 Å². The fourth-order valence-electron chi connectivity index (χ4n) is 3.99. The number of carbonyl (C=O) groups is 3. The standard InChI is InChI=1S/C23H25N6O7P/c1-29-18-10-13(22(31)28-16(23(32)33)3-2-8-37(34,35)36)5-7-15(18)27-20(29)11-19-25-14-6-4-12(21(24)30)9-17(14)26-19/h4-7,9-10,16H,2-3,8,11H2,1H3,(H2,24,30)(H,25,26)(H,28,31)(H,32,33)(H2,34,35,36).